The average molecular weight is 358 g/mol. The predicted molar refractivity (Wildman–Crippen MR) is 92.6 cm³/mol. The number of carbonyl (C=O) groups excluding carboxylic acids is 3. The Morgan fingerprint density at radius 2 is 1.69 bits per heavy atom. The standard InChI is InChI=1S/C19H19FN2O4/c1-2-21-19(25)22-18(24)17(14-6-4-3-5-7-14)26-16(23)12-13-8-10-15(20)11-9-13/h3-11,17H,2,12H2,1H3,(H2,21,22,24,25)/t17-/m0/s1. The zero-order valence-corrected chi connectivity index (χ0v) is 14.2. The Bertz CT molecular complexity index is 763. The molecule has 0 fully saturated rings. The van der Waals surface area contributed by atoms with Crippen molar-refractivity contribution in [1.82, 2.24) is 10.6 Å². The maximum atomic E-state index is 12.9. The first kappa shape index (κ1) is 19.1. The molecule has 0 aliphatic carbocycles. The molecule has 0 saturated carbocycles. The fraction of sp³-hybridized carbons (Fsp3) is 0.211. The van der Waals surface area contributed by atoms with E-state index < -0.39 is 29.8 Å². The Morgan fingerprint density at radius 3 is 2.31 bits per heavy atom. The number of halogens is 1. The summed E-state index contributed by atoms with van der Waals surface area (Å²) >= 11 is 0. The van der Waals surface area contributed by atoms with Crippen molar-refractivity contribution in [2.45, 2.75) is 19.4 Å². The minimum atomic E-state index is -1.27. The van der Waals surface area contributed by atoms with Crippen LogP contribution in [0.25, 0.3) is 0 Å². The van der Waals surface area contributed by atoms with Gasteiger partial charge in [0, 0.05) is 12.1 Å². The van der Waals surface area contributed by atoms with Crippen molar-refractivity contribution in [2.24, 2.45) is 0 Å². The molecule has 0 saturated heterocycles. The van der Waals surface area contributed by atoms with E-state index in [0.717, 1.165) is 0 Å². The first-order valence-electron chi connectivity index (χ1n) is 8.07. The summed E-state index contributed by atoms with van der Waals surface area (Å²) in [5.41, 5.74) is 0.981. The fourth-order valence-corrected chi connectivity index (χ4v) is 2.22. The first-order valence-corrected chi connectivity index (χ1v) is 8.07. The smallest absolute Gasteiger partial charge is 0.321 e. The topological polar surface area (TPSA) is 84.5 Å². The number of nitrogens with one attached hydrogen (secondary N) is 2. The van der Waals surface area contributed by atoms with Gasteiger partial charge in [0.1, 0.15) is 5.82 Å². The van der Waals surface area contributed by atoms with Gasteiger partial charge in [-0.3, -0.25) is 14.9 Å². The summed E-state index contributed by atoms with van der Waals surface area (Å²) in [5.74, 6) is -1.84. The number of benzene rings is 2. The summed E-state index contributed by atoms with van der Waals surface area (Å²) in [6.07, 6.45) is -1.40. The van der Waals surface area contributed by atoms with Gasteiger partial charge in [-0.1, -0.05) is 42.5 Å². The van der Waals surface area contributed by atoms with Gasteiger partial charge in [-0.2, -0.15) is 0 Å². The van der Waals surface area contributed by atoms with Crippen LogP contribution in [-0.2, 0) is 20.7 Å². The number of urea groups is 1. The van der Waals surface area contributed by atoms with Crippen LogP contribution in [-0.4, -0.2) is 24.5 Å². The molecule has 0 aromatic heterocycles. The normalized spacial score (nSPS) is 11.3. The molecule has 2 aromatic rings. The SMILES string of the molecule is CCNC(=O)NC(=O)[C@@H](OC(=O)Cc1ccc(F)cc1)c1ccccc1. The number of esters is 1. The summed E-state index contributed by atoms with van der Waals surface area (Å²) < 4.78 is 18.2. The highest BCUT2D eigenvalue weighted by Crippen LogP contribution is 2.18. The lowest BCUT2D eigenvalue weighted by molar-refractivity contribution is -0.155. The zero-order chi connectivity index (χ0) is 18.9. The molecule has 2 rings (SSSR count). The number of amides is 3. The third kappa shape index (κ3) is 5.70. The maximum absolute atomic E-state index is 12.9. The quantitative estimate of drug-likeness (QED) is 0.777. The van der Waals surface area contributed by atoms with Gasteiger partial charge in [0.2, 0.25) is 6.10 Å². The number of hydrogen-bond acceptors (Lipinski definition) is 4. The molecule has 1 atom stereocenters. The molecule has 0 aliphatic heterocycles. The molecule has 0 bridgehead atoms. The second kappa shape index (κ2) is 9.31. The van der Waals surface area contributed by atoms with E-state index >= 15 is 0 Å². The molecule has 2 N–H and O–H groups in total. The lowest BCUT2D eigenvalue weighted by Gasteiger charge is -2.17. The highest BCUT2D eigenvalue weighted by molar-refractivity contribution is 5.97. The van der Waals surface area contributed by atoms with Crippen molar-refractivity contribution in [3.8, 4) is 0 Å². The van der Waals surface area contributed by atoms with E-state index in [2.05, 4.69) is 10.6 Å². The number of imide groups is 1. The molecule has 0 spiro atoms. The van der Waals surface area contributed by atoms with Crippen LogP contribution >= 0.6 is 0 Å². The van der Waals surface area contributed by atoms with Crippen LogP contribution < -0.4 is 10.6 Å². The van der Waals surface area contributed by atoms with Crippen LogP contribution in [0.1, 0.15) is 24.2 Å². The van der Waals surface area contributed by atoms with Gasteiger partial charge >= 0.3 is 12.0 Å². The molecule has 3 amide bonds. The van der Waals surface area contributed by atoms with Crippen molar-refractivity contribution in [2.75, 3.05) is 6.54 Å². The van der Waals surface area contributed by atoms with E-state index in [1.165, 1.54) is 24.3 Å². The highest BCUT2D eigenvalue weighted by atomic mass is 19.1. The molecule has 26 heavy (non-hydrogen) atoms. The molecule has 0 unspecified atom stereocenters. The maximum Gasteiger partial charge on any atom is 0.321 e. The Balaban J connectivity index is 2.10. The molecule has 0 aliphatic rings. The summed E-state index contributed by atoms with van der Waals surface area (Å²) in [4.78, 5) is 36.1. The van der Waals surface area contributed by atoms with E-state index in [9.17, 15) is 18.8 Å². The van der Waals surface area contributed by atoms with E-state index in [0.29, 0.717) is 17.7 Å². The molecular weight excluding hydrogens is 339 g/mol. The first-order chi connectivity index (χ1) is 12.5. The zero-order valence-electron chi connectivity index (χ0n) is 14.2. The van der Waals surface area contributed by atoms with Crippen LogP contribution in [0.2, 0.25) is 0 Å². The van der Waals surface area contributed by atoms with Gasteiger partial charge in [-0.15, -0.1) is 0 Å². The molecule has 0 radical (unpaired) electrons. The third-order valence-electron chi connectivity index (χ3n) is 3.43. The Morgan fingerprint density at radius 1 is 1.04 bits per heavy atom. The Kier molecular flexibility index (Phi) is 6.84. The summed E-state index contributed by atoms with van der Waals surface area (Å²) in [6, 6.07) is 13.1. The fourth-order valence-electron chi connectivity index (χ4n) is 2.22. The monoisotopic (exact) mass is 358 g/mol. The predicted octanol–water partition coefficient (Wildman–Crippen LogP) is 2.50. The summed E-state index contributed by atoms with van der Waals surface area (Å²) in [7, 11) is 0. The number of rotatable bonds is 6. The average Bonchev–Trinajstić information content (AvgIpc) is 2.62. The van der Waals surface area contributed by atoms with Crippen molar-refractivity contribution in [3.63, 3.8) is 0 Å². The Labute approximate surface area is 150 Å². The van der Waals surface area contributed by atoms with E-state index in [4.69, 9.17) is 4.74 Å². The molecule has 6 nitrogen and oxygen atoms in total. The van der Waals surface area contributed by atoms with Gasteiger partial charge in [-0.05, 0) is 24.6 Å². The van der Waals surface area contributed by atoms with Gasteiger partial charge in [0.15, 0.2) is 0 Å². The van der Waals surface area contributed by atoms with Crippen molar-refractivity contribution < 1.29 is 23.5 Å². The number of carbonyl (C=O) groups is 3. The van der Waals surface area contributed by atoms with Crippen molar-refractivity contribution >= 4 is 17.9 Å². The largest absolute Gasteiger partial charge is 0.447 e. The molecule has 2 aromatic carbocycles. The molecule has 0 heterocycles. The number of ether oxygens (including phenoxy) is 1. The van der Waals surface area contributed by atoms with E-state index in [1.54, 1.807) is 37.3 Å². The molecule has 136 valence electrons. The third-order valence-corrected chi connectivity index (χ3v) is 3.43. The second-order valence-corrected chi connectivity index (χ2v) is 5.43. The summed E-state index contributed by atoms with van der Waals surface area (Å²) in [6.45, 7) is 2.06. The van der Waals surface area contributed by atoms with Gasteiger partial charge in [-0.25, -0.2) is 9.18 Å². The molecular formula is C19H19FN2O4. The number of hydrogen-bond donors (Lipinski definition) is 2. The van der Waals surface area contributed by atoms with Crippen LogP contribution in [0, 0.1) is 5.82 Å². The minimum Gasteiger partial charge on any atom is -0.447 e. The van der Waals surface area contributed by atoms with Crippen molar-refractivity contribution in [3.05, 3.63) is 71.5 Å². The van der Waals surface area contributed by atoms with E-state index in [-0.39, 0.29) is 6.42 Å². The van der Waals surface area contributed by atoms with Crippen LogP contribution in [0.4, 0.5) is 9.18 Å². The summed E-state index contributed by atoms with van der Waals surface area (Å²) in [5, 5.41) is 4.57. The van der Waals surface area contributed by atoms with Crippen molar-refractivity contribution in [1.29, 1.82) is 0 Å². The second-order valence-electron chi connectivity index (χ2n) is 5.43. The van der Waals surface area contributed by atoms with Crippen LogP contribution in [0.3, 0.4) is 0 Å². The van der Waals surface area contributed by atoms with Crippen LogP contribution in [0.5, 0.6) is 0 Å². The van der Waals surface area contributed by atoms with Gasteiger partial charge < -0.3 is 10.1 Å². The minimum absolute atomic E-state index is 0.127. The van der Waals surface area contributed by atoms with E-state index in [1.807, 2.05) is 0 Å². The van der Waals surface area contributed by atoms with Gasteiger partial charge in [0.25, 0.3) is 5.91 Å². The lowest BCUT2D eigenvalue weighted by Crippen LogP contribution is -2.42. The van der Waals surface area contributed by atoms with Crippen LogP contribution in [0.15, 0.2) is 54.6 Å². The Hall–Kier alpha value is -3.22. The molecule has 7 heteroatoms. The lowest BCUT2D eigenvalue weighted by atomic mass is 10.1. The van der Waals surface area contributed by atoms with Gasteiger partial charge in [0.05, 0.1) is 6.42 Å². The highest BCUT2D eigenvalue weighted by Gasteiger charge is 2.26.